The standard InChI is InChI=1S/C17H19NO/c1-18(2)11-13-8-9-15-14-6-4-3-5-12(14)7-10-16(15)17(13)19/h3-7,10,13H,8-9,11H2,1-2H3/t13-/m1/s1. The average molecular weight is 253 g/mol. The zero-order valence-electron chi connectivity index (χ0n) is 11.5. The van der Waals surface area contributed by atoms with E-state index in [0.717, 1.165) is 24.9 Å². The summed E-state index contributed by atoms with van der Waals surface area (Å²) in [6, 6.07) is 12.4. The van der Waals surface area contributed by atoms with Gasteiger partial charge in [0.1, 0.15) is 0 Å². The lowest BCUT2D eigenvalue weighted by Crippen LogP contribution is -2.31. The molecule has 0 saturated heterocycles. The molecule has 0 unspecified atom stereocenters. The lowest BCUT2D eigenvalue weighted by atomic mass is 9.80. The summed E-state index contributed by atoms with van der Waals surface area (Å²) in [4.78, 5) is 14.7. The molecule has 0 heterocycles. The van der Waals surface area contributed by atoms with Crippen molar-refractivity contribution in [1.82, 2.24) is 4.90 Å². The summed E-state index contributed by atoms with van der Waals surface area (Å²) in [5.41, 5.74) is 2.19. The molecule has 0 spiro atoms. The molecule has 0 radical (unpaired) electrons. The molecule has 0 fully saturated rings. The van der Waals surface area contributed by atoms with Crippen LogP contribution in [0.1, 0.15) is 22.3 Å². The van der Waals surface area contributed by atoms with Crippen molar-refractivity contribution >= 4 is 16.6 Å². The number of hydrogen-bond donors (Lipinski definition) is 0. The molecule has 19 heavy (non-hydrogen) atoms. The largest absolute Gasteiger partial charge is 0.309 e. The minimum absolute atomic E-state index is 0.156. The van der Waals surface area contributed by atoms with Crippen LogP contribution < -0.4 is 0 Å². The van der Waals surface area contributed by atoms with Crippen molar-refractivity contribution in [2.75, 3.05) is 20.6 Å². The van der Waals surface area contributed by atoms with Gasteiger partial charge in [0.2, 0.25) is 0 Å². The summed E-state index contributed by atoms with van der Waals surface area (Å²) < 4.78 is 0. The predicted molar refractivity (Wildman–Crippen MR) is 78.6 cm³/mol. The number of rotatable bonds is 2. The molecule has 3 rings (SSSR count). The fourth-order valence-corrected chi connectivity index (χ4v) is 3.12. The molecule has 1 aliphatic rings. The topological polar surface area (TPSA) is 20.3 Å². The second-order valence-corrected chi connectivity index (χ2v) is 5.67. The smallest absolute Gasteiger partial charge is 0.167 e. The molecule has 2 aromatic carbocycles. The van der Waals surface area contributed by atoms with E-state index in [9.17, 15) is 4.79 Å². The molecule has 2 heteroatoms. The third-order valence-electron chi connectivity index (χ3n) is 4.01. The first-order valence-corrected chi connectivity index (χ1v) is 6.86. The molecule has 98 valence electrons. The van der Waals surface area contributed by atoms with Crippen LogP contribution in [0.2, 0.25) is 0 Å². The van der Waals surface area contributed by atoms with Gasteiger partial charge >= 0.3 is 0 Å². The zero-order chi connectivity index (χ0) is 13.4. The molecule has 0 bridgehead atoms. The van der Waals surface area contributed by atoms with Crippen molar-refractivity contribution in [3.05, 3.63) is 47.5 Å². The number of nitrogens with zero attached hydrogens (tertiary/aromatic N) is 1. The second kappa shape index (κ2) is 4.78. The number of Topliss-reactive ketones (excluding diaryl/α,β-unsaturated/α-hetero) is 1. The van der Waals surface area contributed by atoms with Crippen LogP contribution in [0.25, 0.3) is 10.8 Å². The Kier molecular flexibility index (Phi) is 3.11. The first-order chi connectivity index (χ1) is 9.16. The van der Waals surface area contributed by atoms with Gasteiger partial charge in [0.05, 0.1) is 0 Å². The summed E-state index contributed by atoms with van der Waals surface area (Å²) in [7, 11) is 4.06. The highest BCUT2D eigenvalue weighted by molar-refractivity contribution is 6.05. The maximum Gasteiger partial charge on any atom is 0.167 e. The van der Waals surface area contributed by atoms with E-state index in [1.165, 1.54) is 16.3 Å². The van der Waals surface area contributed by atoms with Crippen LogP contribution in [0.15, 0.2) is 36.4 Å². The third kappa shape index (κ3) is 2.17. The highest BCUT2D eigenvalue weighted by Crippen LogP contribution is 2.31. The van der Waals surface area contributed by atoms with E-state index in [-0.39, 0.29) is 5.92 Å². The fraction of sp³-hybridized carbons (Fsp3) is 0.353. The minimum atomic E-state index is 0.156. The number of benzene rings is 2. The number of aryl methyl sites for hydroxylation is 1. The molecule has 0 saturated carbocycles. The van der Waals surface area contributed by atoms with Gasteiger partial charge in [0, 0.05) is 18.0 Å². The molecule has 2 nitrogen and oxygen atoms in total. The van der Waals surface area contributed by atoms with E-state index in [0.29, 0.717) is 5.78 Å². The highest BCUT2D eigenvalue weighted by atomic mass is 16.1. The summed E-state index contributed by atoms with van der Waals surface area (Å²) in [6.07, 6.45) is 1.99. The Bertz CT molecular complexity index is 630. The summed E-state index contributed by atoms with van der Waals surface area (Å²) in [5.74, 6) is 0.476. The molecular formula is C17H19NO. The Morgan fingerprint density at radius 3 is 2.74 bits per heavy atom. The van der Waals surface area contributed by atoms with Crippen LogP contribution in [0.4, 0.5) is 0 Å². The lowest BCUT2D eigenvalue weighted by molar-refractivity contribution is 0.0878. The van der Waals surface area contributed by atoms with Gasteiger partial charge in [-0.25, -0.2) is 0 Å². The molecule has 0 aliphatic heterocycles. The summed E-state index contributed by atoms with van der Waals surface area (Å²) in [6.45, 7) is 0.852. The maximum absolute atomic E-state index is 12.6. The second-order valence-electron chi connectivity index (χ2n) is 5.67. The zero-order valence-corrected chi connectivity index (χ0v) is 11.5. The number of carbonyl (C=O) groups excluding carboxylic acids is 1. The Balaban J connectivity index is 2.05. The Morgan fingerprint density at radius 2 is 1.95 bits per heavy atom. The maximum atomic E-state index is 12.6. The van der Waals surface area contributed by atoms with Crippen LogP contribution in [0, 0.1) is 5.92 Å². The van der Waals surface area contributed by atoms with Gasteiger partial charge in [0.25, 0.3) is 0 Å². The van der Waals surface area contributed by atoms with Gasteiger partial charge in [-0.1, -0.05) is 36.4 Å². The molecule has 1 aliphatic carbocycles. The summed E-state index contributed by atoms with van der Waals surface area (Å²) in [5, 5.41) is 2.48. The number of carbonyl (C=O) groups is 1. The van der Waals surface area contributed by atoms with Crippen LogP contribution in [-0.4, -0.2) is 31.3 Å². The first kappa shape index (κ1) is 12.4. The molecule has 0 amide bonds. The van der Waals surface area contributed by atoms with Crippen molar-refractivity contribution in [1.29, 1.82) is 0 Å². The van der Waals surface area contributed by atoms with E-state index in [1.54, 1.807) is 0 Å². The van der Waals surface area contributed by atoms with Gasteiger partial charge in [-0.15, -0.1) is 0 Å². The third-order valence-corrected chi connectivity index (χ3v) is 4.01. The quantitative estimate of drug-likeness (QED) is 0.819. The minimum Gasteiger partial charge on any atom is -0.309 e. The van der Waals surface area contributed by atoms with Gasteiger partial charge in [-0.05, 0) is 43.3 Å². The monoisotopic (exact) mass is 253 g/mol. The van der Waals surface area contributed by atoms with E-state index >= 15 is 0 Å². The number of hydrogen-bond acceptors (Lipinski definition) is 2. The molecule has 2 aromatic rings. The molecular weight excluding hydrogens is 234 g/mol. The number of fused-ring (bicyclic) bond motifs is 3. The van der Waals surface area contributed by atoms with E-state index < -0.39 is 0 Å². The molecule has 1 atom stereocenters. The van der Waals surface area contributed by atoms with Gasteiger partial charge in [0.15, 0.2) is 5.78 Å². The average Bonchev–Trinajstić information content (AvgIpc) is 2.41. The SMILES string of the molecule is CN(C)C[C@H]1CCc2c(ccc3ccccc23)C1=O. The fourth-order valence-electron chi connectivity index (χ4n) is 3.12. The Morgan fingerprint density at radius 1 is 1.16 bits per heavy atom. The van der Waals surface area contributed by atoms with Gasteiger partial charge in [-0.3, -0.25) is 4.79 Å². The van der Waals surface area contributed by atoms with E-state index in [1.807, 2.05) is 26.2 Å². The molecule has 0 N–H and O–H groups in total. The molecule has 0 aromatic heterocycles. The van der Waals surface area contributed by atoms with Gasteiger partial charge < -0.3 is 4.90 Å². The van der Waals surface area contributed by atoms with Gasteiger partial charge in [-0.2, -0.15) is 0 Å². The summed E-state index contributed by atoms with van der Waals surface area (Å²) >= 11 is 0. The van der Waals surface area contributed by atoms with Crippen LogP contribution in [0.3, 0.4) is 0 Å². The van der Waals surface area contributed by atoms with Crippen LogP contribution in [0.5, 0.6) is 0 Å². The lowest BCUT2D eigenvalue weighted by Gasteiger charge is -2.26. The first-order valence-electron chi connectivity index (χ1n) is 6.86. The Hall–Kier alpha value is -1.67. The van der Waals surface area contributed by atoms with E-state index in [2.05, 4.69) is 29.2 Å². The van der Waals surface area contributed by atoms with Crippen molar-refractivity contribution < 1.29 is 4.79 Å². The Labute approximate surface area is 114 Å². The van der Waals surface area contributed by atoms with Crippen molar-refractivity contribution in [3.8, 4) is 0 Å². The number of ketones is 1. The van der Waals surface area contributed by atoms with Crippen LogP contribution >= 0.6 is 0 Å². The van der Waals surface area contributed by atoms with Crippen molar-refractivity contribution in [2.24, 2.45) is 5.92 Å². The predicted octanol–water partition coefficient (Wildman–Crippen LogP) is 3.15. The van der Waals surface area contributed by atoms with Crippen molar-refractivity contribution in [2.45, 2.75) is 12.8 Å². The highest BCUT2D eigenvalue weighted by Gasteiger charge is 2.28. The van der Waals surface area contributed by atoms with Crippen molar-refractivity contribution in [3.63, 3.8) is 0 Å². The van der Waals surface area contributed by atoms with E-state index in [4.69, 9.17) is 0 Å². The van der Waals surface area contributed by atoms with Crippen LogP contribution in [-0.2, 0) is 6.42 Å². The normalized spacial score (nSPS) is 18.9.